The quantitative estimate of drug-likeness (QED) is 0.467. The van der Waals surface area contributed by atoms with Crippen molar-refractivity contribution in [1.29, 1.82) is 0 Å². The monoisotopic (exact) mass is 342 g/mol. The predicted octanol–water partition coefficient (Wildman–Crippen LogP) is 1.48. The van der Waals surface area contributed by atoms with Gasteiger partial charge < -0.3 is 4.90 Å². The Bertz CT molecular complexity index is 605. The molecule has 2 amide bonds. The van der Waals surface area contributed by atoms with Crippen LogP contribution in [0.25, 0.3) is 0 Å². The van der Waals surface area contributed by atoms with Crippen LogP contribution in [0.1, 0.15) is 13.3 Å². The number of nitrogens with one attached hydrogen (secondary N) is 2. The van der Waals surface area contributed by atoms with Gasteiger partial charge in [0.2, 0.25) is 5.91 Å². The van der Waals surface area contributed by atoms with Gasteiger partial charge in [-0.25, -0.2) is 0 Å². The molecular weight excluding hydrogens is 316 g/mol. The highest BCUT2D eigenvalue weighted by Gasteiger charge is 2.17. The molecule has 6 heteroatoms. The Morgan fingerprint density at radius 2 is 1.76 bits per heavy atom. The van der Waals surface area contributed by atoms with Gasteiger partial charge in [0.1, 0.15) is 0 Å². The van der Waals surface area contributed by atoms with E-state index in [1.54, 1.807) is 12.2 Å². The molecule has 0 unspecified atom stereocenters. The molecule has 1 fully saturated rings. The summed E-state index contributed by atoms with van der Waals surface area (Å²) in [5.41, 5.74) is 6.05. The number of para-hydroxylation sites is 1. The lowest BCUT2D eigenvalue weighted by molar-refractivity contribution is -0.127. The Morgan fingerprint density at radius 3 is 2.44 bits per heavy atom. The van der Waals surface area contributed by atoms with Gasteiger partial charge in [0.05, 0.1) is 0 Å². The Balaban J connectivity index is 1.62. The van der Waals surface area contributed by atoms with Crippen LogP contribution in [0.5, 0.6) is 0 Å². The molecule has 1 aliphatic heterocycles. The van der Waals surface area contributed by atoms with Gasteiger partial charge in [-0.15, -0.1) is 0 Å². The SMILES string of the molecule is C/C=C/C=C/C(=O)NNC(=O)CCN1CCN(c2ccccc2)CC1. The number of piperazine rings is 1. The molecule has 0 radical (unpaired) electrons. The van der Waals surface area contributed by atoms with E-state index in [2.05, 4.69) is 32.8 Å². The number of benzene rings is 1. The second kappa shape index (κ2) is 10.3. The summed E-state index contributed by atoms with van der Waals surface area (Å²) in [7, 11) is 0. The summed E-state index contributed by atoms with van der Waals surface area (Å²) in [6.07, 6.45) is 6.91. The van der Waals surface area contributed by atoms with Crippen LogP contribution in [0.15, 0.2) is 54.6 Å². The number of anilines is 1. The van der Waals surface area contributed by atoms with Crippen molar-refractivity contribution in [2.24, 2.45) is 0 Å². The topological polar surface area (TPSA) is 64.7 Å². The van der Waals surface area contributed by atoms with Gasteiger partial charge in [0.15, 0.2) is 0 Å². The minimum atomic E-state index is -0.345. The molecular formula is C19H26N4O2. The van der Waals surface area contributed by atoms with Gasteiger partial charge in [0.25, 0.3) is 5.91 Å². The lowest BCUT2D eigenvalue weighted by Crippen LogP contribution is -2.48. The van der Waals surface area contributed by atoms with E-state index in [0.717, 1.165) is 26.2 Å². The molecule has 6 nitrogen and oxygen atoms in total. The summed E-state index contributed by atoms with van der Waals surface area (Å²) in [5.74, 6) is -0.527. The Labute approximate surface area is 149 Å². The standard InChI is InChI=1S/C19H26N4O2/c1-2-3-5-10-18(24)20-21-19(25)11-12-22-13-15-23(16-14-22)17-8-6-4-7-9-17/h2-10H,11-16H2,1H3,(H,20,24)(H,21,25)/b3-2+,10-5+. The number of carbonyl (C=O) groups excluding carboxylic acids is 2. The first kappa shape index (κ1) is 18.7. The van der Waals surface area contributed by atoms with Crippen LogP contribution in [0, 0.1) is 0 Å². The largest absolute Gasteiger partial charge is 0.369 e. The Hall–Kier alpha value is -2.60. The molecule has 2 N–H and O–H groups in total. The van der Waals surface area contributed by atoms with E-state index < -0.39 is 0 Å². The zero-order valence-electron chi connectivity index (χ0n) is 14.6. The molecule has 1 aliphatic rings. The second-order valence-corrected chi connectivity index (χ2v) is 5.84. The summed E-state index contributed by atoms with van der Waals surface area (Å²) < 4.78 is 0. The molecule has 0 saturated carbocycles. The fourth-order valence-corrected chi connectivity index (χ4v) is 2.62. The smallest absolute Gasteiger partial charge is 0.262 e. The van der Waals surface area contributed by atoms with E-state index in [1.807, 2.05) is 31.2 Å². The molecule has 134 valence electrons. The number of rotatable bonds is 6. The number of allylic oxidation sites excluding steroid dienone is 3. The molecule has 2 rings (SSSR count). The summed E-state index contributed by atoms with van der Waals surface area (Å²) >= 11 is 0. The first-order valence-corrected chi connectivity index (χ1v) is 8.59. The van der Waals surface area contributed by atoms with Crippen molar-refractivity contribution in [2.45, 2.75) is 13.3 Å². The third-order valence-corrected chi connectivity index (χ3v) is 4.03. The fourth-order valence-electron chi connectivity index (χ4n) is 2.62. The van der Waals surface area contributed by atoms with Crippen molar-refractivity contribution in [3.05, 3.63) is 54.6 Å². The van der Waals surface area contributed by atoms with E-state index in [4.69, 9.17) is 0 Å². The number of hydrazine groups is 1. The third kappa shape index (κ3) is 6.81. The van der Waals surface area contributed by atoms with Crippen molar-refractivity contribution < 1.29 is 9.59 Å². The van der Waals surface area contributed by atoms with Gasteiger partial charge >= 0.3 is 0 Å². The molecule has 0 aliphatic carbocycles. The predicted molar refractivity (Wildman–Crippen MR) is 100.0 cm³/mol. The van der Waals surface area contributed by atoms with E-state index in [1.165, 1.54) is 11.8 Å². The number of amides is 2. The van der Waals surface area contributed by atoms with Crippen LogP contribution in [-0.4, -0.2) is 49.4 Å². The molecule has 0 aromatic heterocycles. The van der Waals surface area contributed by atoms with Crippen molar-refractivity contribution in [3.63, 3.8) is 0 Å². The number of carbonyl (C=O) groups is 2. The molecule has 1 aromatic carbocycles. The van der Waals surface area contributed by atoms with E-state index >= 15 is 0 Å². The maximum atomic E-state index is 11.8. The van der Waals surface area contributed by atoms with E-state index in [0.29, 0.717) is 13.0 Å². The average molecular weight is 342 g/mol. The first-order chi connectivity index (χ1) is 12.2. The molecule has 1 saturated heterocycles. The lowest BCUT2D eigenvalue weighted by Gasteiger charge is -2.36. The normalized spacial score (nSPS) is 15.6. The minimum Gasteiger partial charge on any atom is -0.369 e. The number of hydrogen-bond acceptors (Lipinski definition) is 4. The zero-order valence-corrected chi connectivity index (χ0v) is 14.6. The van der Waals surface area contributed by atoms with Crippen LogP contribution in [-0.2, 0) is 9.59 Å². The van der Waals surface area contributed by atoms with Crippen LogP contribution < -0.4 is 15.8 Å². The number of hydrogen-bond donors (Lipinski definition) is 2. The molecule has 0 spiro atoms. The number of nitrogens with zero attached hydrogens (tertiary/aromatic N) is 2. The second-order valence-electron chi connectivity index (χ2n) is 5.84. The summed E-state index contributed by atoms with van der Waals surface area (Å²) in [6, 6.07) is 10.4. The first-order valence-electron chi connectivity index (χ1n) is 8.59. The molecule has 1 heterocycles. The Morgan fingerprint density at radius 1 is 1.04 bits per heavy atom. The highest BCUT2D eigenvalue weighted by atomic mass is 16.2. The summed E-state index contributed by atoms with van der Waals surface area (Å²) in [4.78, 5) is 27.9. The van der Waals surface area contributed by atoms with Crippen LogP contribution >= 0.6 is 0 Å². The maximum Gasteiger partial charge on any atom is 0.262 e. The average Bonchev–Trinajstić information content (AvgIpc) is 2.66. The van der Waals surface area contributed by atoms with Crippen molar-refractivity contribution in [1.82, 2.24) is 15.8 Å². The van der Waals surface area contributed by atoms with Crippen molar-refractivity contribution in [2.75, 3.05) is 37.6 Å². The summed E-state index contributed by atoms with van der Waals surface area (Å²) in [5, 5.41) is 0. The highest BCUT2D eigenvalue weighted by Crippen LogP contribution is 2.15. The zero-order chi connectivity index (χ0) is 17.9. The molecule has 1 aromatic rings. The van der Waals surface area contributed by atoms with Crippen LogP contribution in [0.4, 0.5) is 5.69 Å². The fraction of sp³-hybridized carbons (Fsp3) is 0.368. The lowest BCUT2D eigenvalue weighted by atomic mass is 10.2. The van der Waals surface area contributed by atoms with Crippen molar-refractivity contribution >= 4 is 17.5 Å². The van der Waals surface area contributed by atoms with E-state index in [-0.39, 0.29) is 11.8 Å². The highest BCUT2D eigenvalue weighted by molar-refractivity contribution is 5.89. The molecule has 0 bridgehead atoms. The Kier molecular flexibility index (Phi) is 7.72. The third-order valence-electron chi connectivity index (χ3n) is 4.03. The minimum absolute atomic E-state index is 0.182. The van der Waals surface area contributed by atoms with Gasteiger partial charge in [-0.2, -0.15) is 0 Å². The van der Waals surface area contributed by atoms with Gasteiger partial charge in [-0.1, -0.05) is 36.4 Å². The van der Waals surface area contributed by atoms with Crippen LogP contribution in [0.3, 0.4) is 0 Å². The summed E-state index contributed by atoms with van der Waals surface area (Å²) in [6.45, 7) is 6.33. The van der Waals surface area contributed by atoms with Crippen LogP contribution in [0.2, 0.25) is 0 Å². The van der Waals surface area contributed by atoms with E-state index in [9.17, 15) is 9.59 Å². The molecule has 0 atom stereocenters. The maximum absolute atomic E-state index is 11.8. The molecule has 25 heavy (non-hydrogen) atoms. The van der Waals surface area contributed by atoms with Gasteiger partial charge in [-0.3, -0.25) is 25.3 Å². The van der Waals surface area contributed by atoms with Gasteiger partial charge in [-0.05, 0) is 19.1 Å². The van der Waals surface area contributed by atoms with Crippen molar-refractivity contribution in [3.8, 4) is 0 Å². The van der Waals surface area contributed by atoms with Gasteiger partial charge in [0, 0.05) is 50.9 Å².